The van der Waals surface area contributed by atoms with Gasteiger partial charge in [0.1, 0.15) is 0 Å². The number of carbonyl (C=O) groups excluding carboxylic acids is 1. The normalized spacial score (nSPS) is 12.4. The zero-order chi connectivity index (χ0) is 8.97. The van der Waals surface area contributed by atoms with E-state index >= 15 is 0 Å². The predicted molar refractivity (Wildman–Crippen MR) is 52.1 cm³/mol. The van der Waals surface area contributed by atoms with Crippen LogP contribution in [0.15, 0.2) is 30.3 Å². The fourth-order valence-corrected chi connectivity index (χ4v) is 1.15. The van der Waals surface area contributed by atoms with E-state index in [0.717, 1.165) is 5.56 Å². The minimum atomic E-state index is -0.382. The summed E-state index contributed by atoms with van der Waals surface area (Å²) in [6, 6.07) is 9.69. The molecule has 1 rings (SSSR count). The first-order valence-electron chi connectivity index (χ1n) is 3.71. The Bertz CT molecular complexity index is 260. The van der Waals surface area contributed by atoms with Crippen molar-refractivity contribution in [3.63, 3.8) is 0 Å². The predicted octanol–water partition coefficient (Wildman–Crippen LogP) is 1.01. The molecular formula is C9H11NOS. The minimum Gasteiger partial charge on any atom is -0.369 e. The van der Waals surface area contributed by atoms with Crippen LogP contribution in [-0.2, 0) is 11.2 Å². The first-order valence-corrected chi connectivity index (χ1v) is 4.23. The smallest absolute Gasteiger partial charge is 0.230 e. The summed E-state index contributed by atoms with van der Waals surface area (Å²) in [5.41, 5.74) is 6.15. The first kappa shape index (κ1) is 9.13. The second-order valence-electron chi connectivity index (χ2n) is 2.61. The molecule has 12 heavy (non-hydrogen) atoms. The average Bonchev–Trinajstić information content (AvgIpc) is 2.06. The molecule has 0 aromatic heterocycles. The maximum atomic E-state index is 10.6. The number of hydrogen-bond acceptors (Lipinski definition) is 2. The van der Waals surface area contributed by atoms with Gasteiger partial charge in [0.05, 0.1) is 5.25 Å². The molecule has 0 bridgehead atoms. The lowest BCUT2D eigenvalue weighted by Gasteiger charge is -2.05. The third-order valence-corrected chi connectivity index (χ3v) is 2.04. The Morgan fingerprint density at radius 2 is 2.00 bits per heavy atom. The lowest BCUT2D eigenvalue weighted by molar-refractivity contribution is -0.117. The third kappa shape index (κ3) is 2.58. The van der Waals surface area contributed by atoms with Crippen LogP contribution in [0, 0.1) is 0 Å². The molecule has 1 aromatic rings. The summed E-state index contributed by atoms with van der Waals surface area (Å²) in [4.78, 5) is 10.6. The van der Waals surface area contributed by atoms with Crippen LogP contribution in [0.25, 0.3) is 0 Å². The average molecular weight is 181 g/mol. The topological polar surface area (TPSA) is 43.1 Å². The van der Waals surface area contributed by atoms with Crippen LogP contribution in [-0.4, -0.2) is 11.2 Å². The Morgan fingerprint density at radius 1 is 1.42 bits per heavy atom. The number of primary amides is 1. The summed E-state index contributed by atoms with van der Waals surface area (Å²) in [6.07, 6.45) is 0.597. The second kappa shape index (κ2) is 4.16. The molecule has 0 radical (unpaired) electrons. The molecule has 0 aliphatic rings. The summed E-state index contributed by atoms with van der Waals surface area (Å²) >= 11 is 4.06. The largest absolute Gasteiger partial charge is 0.369 e. The number of amides is 1. The minimum absolute atomic E-state index is 0.373. The van der Waals surface area contributed by atoms with Crippen molar-refractivity contribution in [3.05, 3.63) is 35.9 Å². The summed E-state index contributed by atoms with van der Waals surface area (Å²) in [5.74, 6) is -0.373. The van der Waals surface area contributed by atoms with Crippen LogP contribution >= 0.6 is 12.6 Å². The van der Waals surface area contributed by atoms with Gasteiger partial charge in [-0.15, -0.1) is 0 Å². The highest BCUT2D eigenvalue weighted by Gasteiger charge is 2.09. The van der Waals surface area contributed by atoms with Crippen molar-refractivity contribution in [3.8, 4) is 0 Å². The highest BCUT2D eigenvalue weighted by molar-refractivity contribution is 7.81. The summed E-state index contributed by atoms with van der Waals surface area (Å²) in [6.45, 7) is 0. The molecule has 1 amide bonds. The zero-order valence-electron chi connectivity index (χ0n) is 6.60. The Balaban J connectivity index is 2.58. The molecule has 0 saturated heterocycles. The fraction of sp³-hybridized carbons (Fsp3) is 0.222. The van der Waals surface area contributed by atoms with Crippen molar-refractivity contribution in [1.29, 1.82) is 0 Å². The Morgan fingerprint density at radius 3 is 2.50 bits per heavy atom. The van der Waals surface area contributed by atoms with E-state index in [1.54, 1.807) is 0 Å². The van der Waals surface area contributed by atoms with Gasteiger partial charge in [-0.25, -0.2) is 0 Å². The van der Waals surface area contributed by atoms with E-state index in [-0.39, 0.29) is 11.2 Å². The Kier molecular flexibility index (Phi) is 3.17. The molecule has 3 heteroatoms. The van der Waals surface area contributed by atoms with E-state index < -0.39 is 0 Å². The molecule has 64 valence electrons. The van der Waals surface area contributed by atoms with Gasteiger partial charge in [-0.05, 0) is 12.0 Å². The van der Waals surface area contributed by atoms with Crippen LogP contribution in [0.1, 0.15) is 5.56 Å². The molecule has 0 saturated carbocycles. The van der Waals surface area contributed by atoms with Gasteiger partial charge in [0, 0.05) is 0 Å². The van der Waals surface area contributed by atoms with Crippen LogP contribution < -0.4 is 5.73 Å². The monoisotopic (exact) mass is 181 g/mol. The van der Waals surface area contributed by atoms with E-state index in [1.807, 2.05) is 30.3 Å². The SMILES string of the molecule is NC(=O)C(S)Cc1ccccc1. The molecule has 0 aliphatic heterocycles. The lowest BCUT2D eigenvalue weighted by Crippen LogP contribution is -2.25. The van der Waals surface area contributed by atoms with Crippen LogP contribution in [0.5, 0.6) is 0 Å². The molecule has 1 unspecified atom stereocenters. The fourth-order valence-electron chi connectivity index (χ4n) is 0.938. The highest BCUT2D eigenvalue weighted by Crippen LogP contribution is 2.06. The molecule has 0 heterocycles. The van der Waals surface area contributed by atoms with Gasteiger partial charge < -0.3 is 5.73 Å². The van der Waals surface area contributed by atoms with Crippen molar-refractivity contribution in [2.24, 2.45) is 5.73 Å². The number of benzene rings is 1. The van der Waals surface area contributed by atoms with Gasteiger partial charge in [0.25, 0.3) is 0 Å². The first-order chi connectivity index (χ1) is 5.70. The molecule has 0 aliphatic carbocycles. The molecule has 2 N–H and O–H groups in total. The van der Waals surface area contributed by atoms with Crippen molar-refractivity contribution in [2.45, 2.75) is 11.7 Å². The van der Waals surface area contributed by atoms with Crippen LogP contribution in [0.2, 0.25) is 0 Å². The lowest BCUT2D eigenvalue weighted by atomic mass is 10.1. The van der Waals surface area contributed by atoms with Gasteiger partial charge in [-0.3, -0.25) is 4.79 Å². The van der Waals surface area contributed by atoms with E-state index in [1.165, 1.54) is 0 Å². The van der Waals surface area contributed by atoms with Gasteiger partial charge >= 0.3 is 0 Å². The Labute approximate surface area is 77.2 Å². The molecular weight excluding hydrogens is 170 g/mol. The number of rotatable bonds is 3. The molecule has 0 spiro atoms. The highest BCUT2D eigenvalue weighted by atomic mass is 32.1. The molecule has 0 fully saturated rings. The van der Waals surface area contributed by atoms with Crippen LogP contribution in [0.3, 0.4) is 0 Å². The van der Waals surface area contributed by atoms with E-state index in [0.29, 0.717) is 6.42 Å². The number of thiol groups is 1. The summed E-state index contributed by atoms with van der Waals surface area (Å²) < 4.78 is 0. The van der Waals surface area contributed by atoms with Gasteiger partial charge in [-0.1, -0.05) is 30.3 Å². The molecule has 1 aromatic carbocycles. The number of hydrogen-bond donors (Lipinski definition) is 2. The van der Waals surface area contributed by atoms with Crippen molar-refractivity contribution >= 4 is 18.5 Å². The number of nitrogens with two attached hydrogens (primary N) is 1. The maximum Gasteiger partial charge on any atom is 0.230 e. The zero-order valence-corrected chi connectivity index (χ0v) is 7.50. The van der Waals surface area contributed by atoms with Crippen molar-refractivity contribution in [2.75, 3.05) is 0 Å². The third-order valence-electron chi connectivity index (χ3n) is 1.60. The van der Waals surface area contributed by atoms with Gasteiger partial charge in [-0.2, -0.15) is 12.6 Å². The molecule has 1 atom stereocenters. The quantitative estimate of drug-likeness (QED) is 0.672. The Hall–Kier alpha value is -0.960. The van der Waals surface area contributed by atoms with Gasteiger partial charge in [0.15, 0.2) is 0 Å². The second-order valence-corrected chi connectivity index (χ2v) is 3.23. The number of carbonyl (C=O) groups is 1. The van der Waals surface area contributed by atoms with Crippen molar-refractivity contribution in [1.82, 2.24) is 0 Å². The van der Waals surface area contributed by atoms with E-state index in [9.17, 15) is 4.79 Å². The van der Waals surface area contributed by atoms with Crippen LogP contribution in [0.4, 0.5) is 0 Å². The van der Waals surface area contributed by atoms with E-state index in [4.69, 9.17) is 5.73 Å². The van der Waals surface area contributed by atoms with Crippen molar-refractivity contribution < 1.29 is 4.79 Å². The summed E-state index contributed by atoms with van der Waals surface area (Å²) in [7, 11) is 0. The van der Waals surface area contributed by atoms with Gasteiger partial charge in [0.2, 0.25) is 5.91 Å². The molecule has 2 nitrogen and oxygen atoms in total. The maximum absolute atomic E-state index is 10.6. The summed E-state index contributed by atoms with van der Waals surface area (Å²) in [5, 5.41) is -0.382. The van der Waals surface area contributed by atoms with E-state index in [2.05, 4.69) is 12.6 Å². The standard InChI is InChI=1S/C9H11NOS/c10-9(11)8(12)6-7-4-2-1-3-5-7/h1-5,8,12H,6H2,(H2,10,11).